The van der Waals surface area contributed by atoms with E-state index in [0.717, 1.165) is 0 Å². The van der Waals surface area contributed by atoms with Gasteiger partial charge in [0.25, 0.3) is 0 Å². The fourth-order valence-electron chi connectivity index (χ4n) is 2.44. The molecule has 1 aliphatic rings. The average Bonchev–Trinajstić information content (AvgIpc) is 2.53. The van der Waals surface area contributed by atoms with E-state index >= 15 is 0 Å². The molecule has 0 aromatic carbocycles. The predicted octanol–water partition coefficient (Wildman–Crippen LogP) is 0.911. The molecule has 4 atom stereocenters. The first kappa shape index (κ1) is 19.8. The second kappa shape index (κ2) is 8.75. The van der Waals surface area contributed by atoms with Gasteiger partial charge in [-0.25, -0.2) is 4.98 Å². The lowest BCUT2D eigenvalue weighted by Gasteiger charge is -2.39. The number of hydrogen-bond donors (Lipinski definition) is 1. The molecule has 0 radical (unpaired) electrons. The average molecular weight is 384 g/mol. The van der Waals surface area contributed by atoms with Gasteiger partial charge in [-0.3, -0.25) is 14.4 Å². The van der Waals surface area contributed by atoms with E-state index in [9.17, 15) is 14.4 Å². The molecule has 1 fully saturated rings. The standard InChI is InChI=1S/C16H20N2O7S/c1-8(19)22-12-7-26-16(25-11-5-4-6-18-15(11)17)14(24-10(3)21)13(12)23-9(2)20/h4-6,12-14,16H,7H2,1-3H3,(H2,17,18)/t12-,13+,14-,16+/m1/s1. The number of esters is 3. The van der Waals surface area contributed by atoms with Gasteiger partial charge in [0.15, 0.2) is 35.3 Å². The van der Waals surface area contributed by atoms with Crippen LogP contribution < -0.4 is 10.5 Å². The molecule has 0 unspecified atom stereocenters. The van der Waals surface area contributed by atoms with E-state index in [1.807, 2.05) is 0 Å². The summed E-state index contributed by atoms with van der Waals surface area (Å²) in [6.07, 6.45) is -1.28. The van der Waals surface area contributed by atoms with E-state index in [2.05, 4.69) is 4.98 Å². The van der Waals surface area contributed by atoms with E-state index in [1.54, 1.807) is 12.1 Å². The van der Waals surface area contributed by atoms with Gasteiger partial charge in [0, 0.05) is 32.7 Å². The lowest BCUT2D eigenvalue weighted by molar-refractivity contribution is -0.186. The minimum atomic E-state index is -1.01. The maximum atomic E-state index is 11.6. The number of anilines is 1. The smallest absolute Gasteiger partial charge is 0.303 e. The Morgan fingerprint density at radius 1 is 1.08 bits per heavy atom. The van der Waals surface area contributed by atoms with Crippen LogP contribution in [0.5, 0.6) is 5.75 Å². The summed E-state index contributed by atoms with van der Waals surface area (Å²) in [5, 5.41) is 0. The summed E-state index contributed by atoms with van der Waals surface area (Å²) < 4.78 is 21.7. The van der Waals surface area contributed by atoms with Gasteiger partial charge < -0.3 is 24.7 Å². The molecule has 1 aromatic heterocycles. The molecule has 0 saturated carbocycles. The van der Waals surface area contributed by atoms with Crippen LogP contribution in [0.2, 0.25) is 0 Å². The summed E-state index contributed by atoms with van der Waals surface area (Å²) in [5.41, 5.74) is 5.05. The van der Waals surface area contributed by atoms with Gasteiger partial charge in [0.2, 0.25) is 0 Å². The normalized spacial score (nSPS) is 25.0. The minimum absolute atomic E-state index is 0.167. The maximum Gasteiger partial charge on any atom is 0.303 e. The van der Waals surface area contributed by atoms with Crippen LogP contribution in [0.25, 0.3) is 0 Å². The molecule has 0 amide bonds. The molecular weight excluding hydrogens is 364 g/mol. The minimum Gasteiger partial charge on any atom is -0.472 e. The van der Waals surface area contributed by atoms with Gasteiger partial charge >= 0.3 is 17.9 Å². The van der Waals surface area contributed by atoms with Crippen molar-refractivity contribution in [3.63, 3.8) is 0 Å². The number of aromatic nitrogens is 1. The van der Waals surface area contributed by atoms with E-state index < -0.39 is 41.7 Å². The fraction of sp³-hybridized carbons (Fsp3) is 0.500. The number of rotatable bonds is 5. The number of carbonyl (C=O) groups excluding carboxylic acids is 3. The molecular formula is C16H20N2O7S. The fourth-order valence-corrected chi connectivity index (χ4v) is 3.65. The monoisotopic (exact) mass is 384 g/mol. The Hall–Kier alpha value is -2.49. The molecule has 26 heavy (non-hydrogen) atoms. The van der Waals surface area contributed by atoms with Crippen LogP contribution in [-0.2, 0) is 28.6 Å². The van der Waals surface area contributed by atoms with Gasteiger partial charge in [-0.15, -0.1) is 11.8 Å². The summed E-state index contributed by atoms with van der Waals surface area (Å²) >= 11 is 1.25. The highest BCUT2D eigenvalue weighted by Gasteiger charge is 2.47. The van der Waals surface area contributed by atoms with Crippen LogP contribution in [0.15, 0.2) is 18.3 Å². The Balaban J connectivity index is 2.29. The third-order valence-corrected chi connectivity index (χ3v) is 4.56. The molecule has 1 aromatic rings. The quantitative estimate of drug-likeness (QED) is 0.578. The topological polar surface area (TPSA) is 127 Å². The Morgan fingerprint density at radius 2 is 1.69 bits per heavy atom. The Kier molecular flexibility index (Phi) is 6.67. The summed E-state index contributed by atoms with van der Waals surface area (Å²) in [4.78, 5) is 38.4. The number of nitrogens with zero attached hydrogens (tertiary/aromatic N) is 1. The first-order valence-electron chi connectivity index (χ1n) is 7.78. The number of carbonyl (C=O) groups is 3. The Labute approximate surface area is 154 Å². The molecule has 10 heteroatoms. The SMILES string of the molecule is CC(=O)O[C@@H]1[C@@H](OC(C)=O)[C@@H](Oc2cccnc2N)SC[C@H]1OC(C)=O. The van der Waals surface area contributed by atoms with Crippen molar-refractivity contribution in [3.8, 4) is 5.75 Å². The largest absolute Gasteiger partial charge is 0.472 e. The zero-order valence-corrected chi connectivity index (χ0v) is 15.4. The predicted molar refractivity (Wildman–Crippen MR) is 92.2 cm³/mol. The summed E-state index contributed by atoms with van der Waals surface area (Å²) in [7, 11) is 0. The molecule has 0 bridgehead atoms. The second-order valence-corrected chi connectivity index (χ2v) is 6.63. The van der Waals surface area contributed by atoms with E-state index in [-0.39, 0.29) is 11.6 Å². The van der Waals surface area contributed by atoms with Gasteiger partial charge in [-0.2, -0.15) is 0 Å². The van der Waals surface area contributed by atoms with Crippen LogP contribution >= 0.6 is 11.8 Å². The zero-order valence-electron chi connectivity index (χ0n) is 14.5. The molecule has 142 valence electrons. The molecule has 2 heterocycles. The van der Waals surface area contributed by atoms with E-state index in [4.69, 9.17) is 24.7 Å². The zero-order chi connectivity index (χ0) is 19.3. The molecule has 2 rings (SSSR count). The number of pyridine rings is 1. The van der Waals surface area contributed by atoms with Crippen molar-refractivity contribution in [1.29, 1.82) is 0 Å². The Bertz CT molecular complexity index is 684. The highest BCUT2D eigenvalue weighted by atomic mass is 32.2. The number of nitrogens with two attached hydrogens (primary N) is 1. The third-order valence-electron chi connectivity index (χ3n) is 3.35. The van der Waals surface area contributed by atoms with E-state index in [0.29, 0.717) is 5.75 Å². The molecule has 1 saturated heterocycles. The number of hydrogen-bond acceptors (Lipinski definition) is 10. The van der Waals surface area contributed by atoms with Gasteiger partial charge in [-0.1, -0.05) is 0 Å². The highest BCUT2D eigenvalue weighted by Crippen LogP contribution is 2.35. The van der Waals surface area contributed by atoms with Gasteiger partial charge in [0.05, 0.1) is 0 Å². The summed E-state index contributed by atoms with van der Waals surface area (Å²) in [6, 6.07) is 3.26. The van der Waals surface area contributed by atoms with Crippen LogP contribution in [0.4, 0.5) is 5.82 Å². The van der Waals surface area contributed by atoms with Crippen molar-refractivity contribution in [1.82, 2.24) is 4.98 Å². The highest BCUT2D eigenvalue weighted by molar-refractivity contribution is 7.99. The summed E-state index contributed by atoms with van der Waals surface area (Å²) in [5.74, 6) is -0.986. The second-order valence-electron chi connectivity index (χ2n) is 5.50. The van der Waals surface area contributed by atoms with Crippen molar-refractivity contribution in [2.24, 2.45) is 0 Å². The Morgan fingerprint density at radius 3 is 2.27 bits per heavy atom. The summed E-state index contributed by atoms with van der Waals surface area (Å²) in [6.45, 7) is 3.68. The third kappa shape index (κ3) is 5.25. The first-order valence-corrected chi connectivity index (χ1v) is 8.83. The van der Waals surface area contributed by atoms with Crippen molar-refractivity contribution < 1.29 is 33.3 Å². The van der Waals surface area contributed by atoms with Crippen LogP contribution in [0.1, 0.15) is 20.8 Å². The molecule has 2 N–H and O–H groups in total. The van der Waals surface area contributed by atoms with E-state index in [1.165, 1.54) is 38.7 Å². The first-order chi connectivity index (χ1) is 12.3. The lowest BCUT2D eigenvalue weighted by Crippen LogP contribution is -2.55. The van der Waals surface area contributed by atoms with Gasteiger partial charge in [0.1, 0.15) is 0 Å². The number of thioether (sulfide) groups is 1. The lowest BCUT2D eigenvalue weighted by atomic mass is 10.1. The molecule has 1 aliphatic heterocycles. The molecule has 0 spiro atoms. The van der Waals surface area contributed by atoms with Crippen molar-refractivity contribution in [2.75, 3.05) is 11.5 Å². The van der Waals surface area contributed by atoms with Gasteiger partial charge in [-0.05, 0) is 12.1 Å². The number of ether oxygens (including phenoxy) is 4. The molecule has 9 nitrogen and oxygen atoms in total. The number of nitrogen functional groups attached to an aromatic ring is 1. The van der Waals surface area contributed by atoms with Crippen LogP contribution in [0, 0.1) is 0 Å². The maximum absolute atomic E-state index is 11.6. The van der Waals surface area contributed by atoms with Crippen LogP contribution in [-0.4, -0.2) is 52.4 Å². The van der Waals surface area contributed by atoms with Crippen molar-refractivity contribution >= 4 is 35.5 Å². The van der Waals surface area contributed by atoms with Crippen molar-refractivity contribution in [3.05, 3.63) is 18.3 Å². The molecule has 0 aliphatic carbocycles. The van der Waals surface area contributed by atoms with Crippen molar-refractivity contribution in [2.45, 2.75) is 44.5 Å². The van der Waals surface area contributed by atoms with Crippen LogP contribution in [0.3, 0.4) is 0 Å².